The van der Waals surface area contributed by atoms with Gasteiger partial charge in [0.25, 0.3) is 11.8 Å². The molecule has 2 amide bonds. The van der Waals surface area contributed by atoms with Crippen LogP contribution < -0.4 is 10.6 Å². The molecule has 0 radical (unpaired) electrons. The topological polar surface area (TPSA) is 70.6 Å². The third-order valence-corrected chi connectivity index (χ3v) is 5.27. The summed E-state index contributed by atoms with van der Waals surface area (Å²) in [4.78, 5) is 30.4. The summed E-state index contributed by atoms with van der Waals surface area (Å²) in [6.45, 7) is 6.36. The molecule has 3 aromatic carbocycles. The molecule has 0 spiro atoms. The molecule has 0 aliphatic carbocycles. The standard InChI is InChI=1S/C26H25N3O2/c1-26(2,3)19-15-13-18(14-16-19)24(30)29-23-25(31)27-21-12-8-7-11-20(21)22(28-23)17-9-5-4-6-10-17/h4-16,23H,1-3H3,(H,27,31)(H,29,30)/t23-/m1/s1. The van der Waals surface area contributed by atoms with Crippen molar-refractivity contribution >= 4 is 23.2 Å². The lowest BCUT2D eigenvalue weighted by molar-refractivity contribution is -0.117. The molecule has 5 heteroatoms. The third-order valence-electron chi connectivity index (χ3n) is 5.27. The van der Waals surface area contributed by atoms with Gasteiger partial charge in [-0.3, -0.25) is 9.59 Å². The van der Waals surface area contributed by atoms with Gasteiger partial charge in [-0.05, 0) is 29.2 Å². The minimum Gasteiger partial charge on any atom is -0.322 e. The van der Waals surface area contributed by atoms with Crippen molar-refractivity contribution in [2.24, 2.45) is 4.99 Å². The Kier molecular flexibility index (Phi) is 5.42. The molecule has 0 fully saturated rings. The summed E-state index contributed by atoms with van der Waals surface area (Å²) in [5, 5.41) is 5.67. The second-order valence-corrected chi connectivity index (χ2v) is 8.58. The number of benzene rings is 3. The van der Waals surface area contributed by atoms with Crippen LogP contribution in [0.4, 0.5) is 5.69 Å². The molecular formula is C26H25N3O2. The van der Waals surface area contributed by atoms with Gasteiger partial charge in [-0.1, -0.05) is 81.4 Å². The van der Waals surface area contributed by atoms with Gasteiger partial charge in [0, 0.05) is 16.7 Å². The summed E-state index contributed by atoms with van der Waals surface area (Å²) in [7, 11) is 0. The van der Waals surface area contributed by atoms with E-state index in [0.717, 1.165) is 16.7 Å². The van der Waals surface area contributed by atoms with Crippen LogP contribution in [0.15, 0.2) is 83.9 Å². The van der Waals surface area contributed by atoms with Gasteiger partial charge >= 0.3 is 0 Å². The Bertz CT molecular complexity index is 1140. The molecule has 2 N–H and O–H groups in total. The molecule has 5 nitrogen and oxygen atoms in total. The number of aliphatic imine (C=N–C) groups is 1. The Morgan fingerprint density at radius 1 is 0.903 bits per heavy atom. The molecular weight excluding hydrogens is 386 g/mol. The average Bonchev–Trinajstić information content (AvgIpc) is 2.90. The van der Waals surface area contributed by atoms with Crippen LogP contribution in [0.2, 0.25) is 0 Å². The third kappa shape index (κ3) is 4.40. The van der Waals surface area contributed by atoms with Crippen LogP contribution in [0.25, 0.3) is 0 Å². The highest BCUT2D eigenvalue weighted by Crippen LogP contribution is 2.24. The summed E-state index contributed by atoms with van der Waals surface area (Å²) in [6.07, 6.45) is -1.04. The highest BCUT2D eigenvalue weighted by molar-refractivity contribution is 6.20. The Hall–Kier alpha value is -3.73. The van der Waals surface area contributed by atoms with E-state index in [1.54, 1.807) is 12.1 Å². The van der Waals surface area contributed by atoms with Gasteiger partial charge < -0.3 is 10.6 Å². The smallest absolute Gasteiger partial charge is 0.269 e. The lowest BCUT2D eigenvalue weighted by Gasteiger charge is -2.19. The fraction of sp³-hybridized carbons (Fsp3) is 0.192. The Labute approximate surface area is 182 Å². The Morgan fingerprint density at radius 2 is 1.55 bits per heavy atom. The summed E-state index contributed by atoms with van der Waals surface area (Å²) in [5.41, 5.74) is 4.63. The number of rotatable bonds is 3. The second-order valence-electron chi connectivity index (χ2n) is 8.58. The summed E-state index contributed by atoms with van der Waals surface area (Å²) >= 11 is 0. The summed E-state index contributed by atoms with van der Waals surface area (Å²) < 4.78 is 0. The maximum atomic E-state index is 12.9. The summed E-state index contributed by atoms with van der Waals surface area (Å²) in [5.74, 6) is -0.722. The zero-order chi connectivity index (χ0) is 22.0. The number of anilines is 1. The number of fused-ring (bicyclic) bond motifs is 1. The molecule has 0 saturated heterocycles. The van der Waals surface area contributed by atoms with Crippen LogP contribution in [0, 0.1) is 0 Å². The maximum Gasteiger partial charge on any atom is 0.269 e. The highest BCUT2D eigenvalue weighted by Gasteiger charge is 2.27. The summed E-state index contributed by atoms with van der Waals surface area (Å²) in [6, 6.07) is 24.6. The van der Waals surface area contributed by atoms with Gasteiger partial charge in [-0.25, -0.2) is 4.99 Å². The van der Waals surface area contributed by atoms with Crippen molar-refractivity contribution in [2.45, 2.75) is 32.4 Å². The van der Waals surface area contributed by atoms with Crippen molar-refractivity contribution < 1.29 is 9.59 Å². The number of carbonyl (C=O) groups is 2. The van der Waals surface area contributed by atoms with Gasteiger partial charge in [0.05, 0.1) is 11.4 Å². The fourth-order valence-corrected chi connectivity index (χ4v) is 3.51. The van der Waals surface area contributed by atoms with E-state index >= 15 is 0 Å². The van der Waals surface area contributed by atoms with E-state index < -0.39 is 6.17 Å². The molecule has 1 atom stereocenters. The number of hydrogen-bond acceptors (Lipinski definition) is 3. The number of hydrogen-bond donors (Lipinski definition) is 2. The van der Waals surface area contributed by atoms with Gasteiger partial charge in [0.2, 0.25) is 6.17 Å². The SMILES string of the molecule is CC(C)(C)c1ccc(C(=O)N[C@H]2N=C(c3ccccc3)c3ccccc3NC2=O)cc1. The minimum absolute atomic E-state index is 0.00314. The zero-order valence-corrected chi connectivity index (χ0v) is 17.8. The van der Waals surface area contributed by atoms with Gasteiger partial charge in [-0.2, -0.15) is 0 Å². The van der Waals surface area contributed by atoms with Crippen LogP contribution in [-0.2, 0) is 10.2 Å². The first kappa shape index (κ1) is 20.5. The second kappa shape index (κ2) is 8.19. The zero-order valence-electron chi connectivity index (χ0n) is 17.8. The van der Waals surface area contributed by atoms with Crippen LogP contribution in [0.5, 0.6) is 0 Å². The predicted octanol–water partition coefficient (Wildman–Crippen LogP) is 4.53. The number of benzodiazepines with no additional fused rings is 1. The van der Waals surface area contributed by atoms with Crippen LogP contribution in [0.1, 0.15) is 47.8 Å². The predicted molar refractivity (Wildman–Crippen MR) is 124 cm³/mol. The molecule has 0 unspecified atom stereocenters. The van der Waals surface area contributed by atoms with E-state index in [1.807, 2.05) is 66.7 Å². The highest BCUT2D eigenvalue weighted by atomic mass is 16.2. The molecule has 156 valence electrons. The van der Waals surface area contributed by atoms with Crippen LogP contribution >= 0.6 is 0 Å². The van der Waals surface area contributed by atoms with Crippen molar-refractivity contribution in [3.63, 3.8) is 0 Å². The Balaban J connectivity index is 1.66. The number of amides is 2. The quantitative estimate of drug-likeness (QED) is 0.665. The number of nitrogens with one attached hydrogen (secondary N) is 2. The molecule has 1 aliphatic heterocycles. The lowest BCUT2D eigenvalue weighted by atomic mass is 9.87. The first-order valence-corrected chi connectivity index (χ1v) is 10.3. The molecule has 0 saturated carbocycles. The van der Waals surface area contributed by atoms with Crippen molar-refractivity contribution in [1.82, 2.24) is 5.32 Å². The van der Waals surface area contributed by atoms with E-state index in [1.165, 1.54) is 0 Å². The molecule has 0 bridgehead atoms. The van der Waals surface area contributed by atoms with Gasteiger partial charge in [0.1, 0.15) is 0 Å². The van der Waals surface area contributed by atoms with E-state index in [4.69, 9.17) is 0 Å². The van der Waals surface area contributed by atoms with E-state index in [0.29, 0.717) is 17.0 Å². The Morgan fingerprint density at radius 3 is 2.23 bits per heavy atom. The molecule has 1 aliphatic rings. The number of carbonyl (C=O) groups excluding carboxylic acids is 2. The van der Waals surface area contributed by atoms with Crippen molar-refractivity contribution in [1.29, 1.82) is 0 Å². The molecule has 1 heterocycles. The first-order chi connectivity index (χ1) is 14.8. The number of nitrogens with zero attached hydrogens (tertiary/aromatic N) is 1. The first-order valence-electron chi connectivity index (χ1n) is 10.3. The average molecular weight is 412 g/mol. The lowest BCUT2D eigenvalue weighted by Crippen LogP contribution is -2.42. The van der Waals surface area contributed by atoms with Gasteiger partial charge in [-0.15, -0.1) is 0 Å². The van der Waals surface area contributed by atoms with E-state index in [2.05, 4.69) is 36.4 Å². The van der Waals surface area contributed by atoms with Crippen molar-refractivity contribution in [3.8, 4) is 0 Å². The number of para-hydroxylation sites is 1. The largest absolute Gasteiger partial charge is 0.322 e. The van der Waals surface area contributed by atoms with Crippen LogP contribution in [0.3, 0.4) is 0 Å². The van der Waals surface area contributed by atoms with E-state index in [-0.39, 0.29) is 17.2 Å². The minimum atomic E-state index is -1.04. The van der Waals surface area contributed by atoms with E-state index in [9.17, 15) is 9.59 Å². The monoisotopic (exact) mass is 411 g/mol. The molecule has 31 heavy (non-hydrogen) atoms. The van der Waals surface area contributed by atoms with Crippen molar-refractivity contribution in [3.05, 3.63) is 101 Å². The van der Waals surface area contributed by atoms with Gasteiger partial charge in [0.15, 0.2) is 0 Å². The molecule has 0 aromatic heterocycles. The van der Waals surface area contributed by atoms with Crippen LogP contribution in [-0.4, -0.2) is 23.7 Å². The molecule has 3 aromatic rings. The normalized spacial score (nSPS) is 15.9. The maximum absolute atomic E-state index is 12.9. The molecule has 4 rings (SSSR count). The van der Waals surface area contributed by atoms with Crippen molar-refractivity contribution in [2.75, 3.05) is 5.32 Å². The fourth-order valence-electron chi connectivity index (χ4n) is 3.51.